The Morgan fingerprint density at radius 1 is 1.38 bits per heavy atom. The van der Waals surface area contributed by atoms with Crippen LogP contribution < -0.4 is 10.6 Å². The summed E-state index contributed by atoms with van der Waals surface area (Å²) in [7, 11) is 0. The molecule has 112 valence electrons. The van der Waals surface area contributed by atoms with Crippen LogP contribution in [0.25, 0.3) is 11.0 Å². The number of hydrogen-bond acceptors (Lipinski definition) is 4. The van der Waals surface area contributed by atoms with E-state index in [9.17, 15) is 4.79 Å². The normalized spacial score (nSPS) is 19.8. The molecule has 21 heavy (non-hydrogen) atoms. The maximum atomic E-state index is 12.0. The van der Waals surface area contributed by atoms with E-state index in [-0.39, 0.29) is 17.5 Å². The van der Waals surface area contributed by atoms with Crippen LogP contribution in [0.5, 0.6) is 0 Å². The fraction of sp³-hybridized carbons (Fsp3) is 0.533. The van der Waals surface area contributed by atoms with Crippen LogP contribution in [-0.2, 0) is 16.8 Å². The maximum Gasteiger partial charge on any atom is 0.237 e. The molecule has 3 rings (SSSR count). The van der Waals surface area contributed by atoms with Crippen LogP contribution in [0.3, 0.4) is 0 Å². The number of pyridine rings is 1. The highest BCUT2D eigenvalue weighted by atomic mass is 16.2. The smallest absolute Gasteiger partial charge is 0.237 e. The summed E-state index contributed by atoms with van der Waals surface area (Å²) >= 11 is 0. The van der Waals surface area contributed by atoms with Gasteiger partial charge in [-0.2, -0.15) is 0 Å². The fourth-order valence-electron chi connectivity index (χ4n) is 2.86. The van der Waals surface area contributed by atoms with Gasteiger partial charge >= 0.3 is 0 Å². The number of hydrogen-bond donors (Lipinski definition) is 2. The van der Waals surface area contributed by atoms with Crippen LogP contribution in [0.1, 0.15) is 26.6 Å². The van der Waals surface area contributed by atoms with Crippen LogP contribution in [0, 0.1) is 0 Å². The monoisotopic (exact) mass is 287 g/mol. The van der Waals surface area contributed by atoms with Crippen LogP contribution in [0.15, 0.2) is 18.5 Å². The lowest BCUT2D eigenvalue weighted by atomic mass is 10.1. The minimum Gasteiger partial charge on any atom is -0.353 e. The molecule has 6 heteroatoms. The van der Waals surface area contributed by atoms with E-state index in [1.54, 1.807) is 12.4 Å². The molecule has 0 bridgehead atoms. The van der Waals surface area contributed by atoms with Crippen molar-refractivity contribution in [2.24, 2.45) is 0 Å². The number of nitrogens with one attached hydrogen (secondary N) is 2. The van der Waals surface area contributed by atoms with Crippen LogP contribution in [0.4, 0.5) is 0 Å². The summed E-state index contributed by atoms with van der Waals surface area (Å²) < 4.78 is 2.20. The molecule has 1 amide bonds. The molecule has 0 spiro atoms. The molecule has 0 saturated carbocycles. The lowest BCUT2D eigenvalue weighted by molar-refractivity contribution is -0.124. The molecule has 0 aliphatic carbocycles. The Labute approximate surface area is 124 Å². The Balaban J connectivity index is 2.03. The summed E-state index contributed by atoms with van der Waals surface area (Å²) in [5.41, 5.74) is 1.83. The van der Waals surface area contributed by atoms with Crippen molar-refractivity contribution < 1.29 is 4.79 Å². The van der Waals surface area contributed by atoms with E-state index in [2.05, 4.69) is 45.9 Å². The second-order valence-corrected chi connectivity index (χ2v) is 6.40. The number of carbonyl (C=O) groups is 1. The summed E-state index contributed by atoms with van der Waals surface area (Å²) in [6.45, 7) is 7.92. The average molecular weight is 287 g/mol. The van der Waals surface area contributed by atoms with Crippen molar-refractivity contribution in [3.8, 4) is 0 Å². The number of carbonyl (C=O) groups excluding carboxylic acids is 1. The van der Waals surface area contributed by atoms with E-state index in [0.717, 1.165) is 23.4 Å². The van der Waals surface area contributed by atoms with E-state index in [1.807, 2.05) is 6.07 Å². The van der Waals surface area contributed by atoms with E-state index in [4.69, 9.17) is 0 Å². The van der Waals surface area contributed by atoms with Gasteiger partial charge in [-0.3, -0.25) is 9.78 Å². The molecule has 2 aromatic heterocycles. The van der Waals surface area contributed by atoms with Gasteiger partial charge in [0.05, 0.1) is 17.8 Å². The first-order valence-electron chi connectivity index (χ1n) is 7.30. The van der Waals surface area contributed by atoms with Crippen LogP contribution in [-0.4, -0.2) is 39.6 Å². The van der Waals surface area contributed by atoms with Crippen molar-refractivity contribution in [1.29, 1.82) is 0 Å². The Hall–Kier alpha value is -1.95. The van der Waals surface area contributed by atoms with Gasteiger partial charge < -0.3 is 15.2 Å². The standard InChI is InChI=1S/C15H21N5O/c1-15(2,3)20-12-4-5-16-9-11(12)19-13(20)8-10-14(21)18-7-6-17-10/h4-5,9-10,17H,6-8H2,1-3H3,(H,18,21). The zero-order valence-electron chi connectivity index (χ0n) is 12.7. The number of fused-ring (bicyclic) bond motifs is 1. The molecule has 3 heterocycles. The summed E-state index contributed by atoms with van der Waals surface area (Å²) in [5.74, 6) is 0.965. The third kappa shape index (κ3) is 2.63. The SMILES string of the molecule is CC(C)(C)n1c(CC2NCCNC2=O)nc2cnccc21. The number of amides is 1. The Bertz CT molecular complexity index is 670. The van der Waals surface area contributed by atoms with Crippen molar-refractivity contribution >= 4 is 16.9 Å². The van der Waals surface area contributed by atoms with Crippen molar-refractivity contribution in [3.05, 3.63) is 24.3 Å². The summed E-state index contributed by atoms with van der Waals surface area (Å²) in [6.07, 6.45) is 4.13. The Morgan fingerprint density at radius 3 is 2.90 bits per heavy atom. The highest BCUT2D eigenvalue weighted by Gasteiger charge is 2.27. The second-order valence-electron chi connectivity index (χ2n) is 6.40. The Kier molecular flexibility index (Phi) is 3.41. The van der Waals surface area contributed by atoms with Gasteiger partial charge in [-0.05, 0) is 26.8 Å². The molecule has 1 unspecified atom stereocenters. The van der Waals surface area contributed by atoms with Gasteiger partial charge in [0.25, 0.3) is 0 Å². The van der Waals surface area contributed by atoms with Gasteiger partial charge in [-0.25, -0.2) is 4.98 Å². The molecular formula is C15H21N5O. The van der Waals surface area contributed by atoms with Crippen molar-refractivity contribution in [1.82, 2.24) is 25.2 Å². The predicted octanol–water partition coefficient (Wildman–Crippen LogP) is 0.817. The van der Waals surface area contributed by atoms with Crippen LogP contribution >= 0.6 is 0 Å². The van der Waals surface area contributed by atoms with E-state index < -0.39 is 0 Å². The van der Waals surface area contributed by atoms with Crippen molar-refractivity contribution in [2.75, 3.05) is 13.1 Å². The lowest BCUT2D eigenvalue weighted by Gasteiger charge is -2.27. The second kappa shape index (κ2) is 5.11. The van der Waals surface area contributed by atoms with E-state index >= 15 is 0 Å². The maximum absolute atomic E-state index is 12.0. The van der Waals surface area contributed by atoms with Crippen LogP contribution in [0.2, 0.25) is 0 Å². The molecule has 2 N–H and O–H groups in total. The molecule has 1 saturated heterocycles. The van der Waals surface area contributed by atoms with Gasteiger partial charge in [0.1, 0.15) is 11.3 Å². The topological polar surface area (TPSA) is 71.8 Å². The minimum atomic E-state index is -0.218. The van der Waals surface area contributed by atoms with Crippen molar-refractivity contribution in [2.45, 2.75) is 38.8 Å². The number of nitrogens with zero attached hydrogens (tertiary/aromatic N) is 3. The van der Waals surface area contributed by atoms with E-state index in [0.29, 0.717) is 13.0 Å². The predicted molar refractivity (Wildman–Crippen MR) is 81.0 cm³/mol. The van der Waals surface area contributed by atoms with Gasteiger partial charge in [0, 0.05) is 31.2 Å². The summed E-state index contributed by atoms with van der Waals surface area (Å²) in [6, 6.07) is 1.76. The quantitative estimate of drug-likeness (QED) is 0.857. The van der Waals surface area contributed by atoms with E-state index in [1.165, 1.54) is 0 Å². The van der Waals surface area contributed by atoms with Crippen molar-refractivity contribution in [3.63, 3.8) is 0 Å². The van der Waals surface area contributed by atoms with Gasteiger partial charge in [0.15, 0.2) is 0 Å². The lowest BCUT2D eigenvalue weighted by Crippen LogP contribution is -2.54. The third-order valence-corrected chi connectivity index (χ3v) is 3.72. The molecule has 1 aliphatic rings. The molecule has 0 aromatic carbocycles. The molecule has 1 atom stereocenters. The first kappa shape index (κ1) is 14.0. The zero-order valence-corrected chi connectivity index (χ0v) is 12.7. The largest absolute Gasteiger partial charge is 0.353 e. The van der Waals surface area contributed by atoms with Gasteiger partial charge in [0.2, 0.25) is 5.91 Å². The molecule has 6 nitrogen and oxygen atoms in total. The van der Waals surface area contributed by atoms with Gasteiger partial charge in [-0.1, -0.05) is 0 Å². The molecule has 1 aliphatic heterocycles. The third-order valence-electron chi connectivity index (χ3n) is 3.72. The molecular weight excluding hydrogens is 266 g/mol. The molecule has 2 aromatic rings. The highest BCUT2D eigenvalue weighted by molar-refractivity contribution is 5.83. The van der Waals surface area contributed by atoms with Gasteiger partial charge in [-0.15, -0.1) is 0 Å². The number of rotatable bonds is 2. The Morgan fingerprint density at radius 2 is 2.19 bits per heavy atom. The summed E-state index contributed by atoms with van der Waals surface area (Å²) in [5, 5.41) is 6.15. The number of piperazine rings is 1. The molecule has 1 fully saturated rings. The summed E-state index contributed by atoms with van der Waals surface area (Å²) in [4.78, 5) is 20.8. The first-order chi connectivity index (χ1) is 9.97. The number of aromatic nitrogens is 3. The highest BCUT2D eigenvalue weighted by Crippen LogP contribution is 2.25. The molecule has 0 radical (unpaired) electrons. The average Bonchev–Trinajstić information content (AvgIpc) is 2.79. The number of imidazole rings is 1. The first-order valence-corrected chi connectivity index (χ1v) is 7.30. The minimum absolute atomic E-state index is 0.0480. The fourth-order valence-corrected chi connectivity index (χ4v) is 2.86. The zero-order chi connectivity index (χ0) is 15.0.